The molecule has 7 heteroatoms. The van der Waals surface area contributed by atoms with Crippen LogP contribution in [0.4, 0.5) is 5.82 Å². The Bertz CT molecular complexity index is 804. The van der Waals surface area contributed by atoms with Gasteiger partial charge in [-0.2, -0.15) is 0 Å². The average molecular weight is 446 g/mol. The number of rotatable bonds is 6. The molecule has 170 valence electrons. The number of aromatic nitrogens is 1. The van der Waals surface area contributed by atoms with Gasteiger partial charge in [0.1, 0.15) is 5.82 Å². The predicted molar refractivity (Wildman–Crippen MR) is 124 cm³/mol. The van der Waals surface area contributed by atoms with Gasteiger partial charge in [0.15, 0.2) is 0 Å². The maximum Gasteiger partial charge on any atom is 0.303 e. The third kappa shape index (κ3) is 5.54. The van der Waals surface area contributed by atoms with Crippen LogP contribution < -0.4 is 10.2 Å². The van der Waals surface area contributed by atoms with Gasteiger partial charge in [0.25, 0.3) is 5.91 Å². The lowest BCUT2D eigenvalue weighted by molar-refractivity contribution is -0.138. The van der Waals surface area contributed by atoms with Crippen molar-refractivity contribution in [3.63, 3.8) is 0 Å². The van der Waals surface area contributed by atoms with Crippen molar-refractivity contribution in [1.82, 2.24) is 10.3 Å². The molecule has 0 aromatic carbocycles. The van der Waals surface area contributed by atoms with Gasteiger partial charge in [-0.1, -0.05) is 32.1 Å². The van der Waals surface area contributed by atoms with Gasteiger partial charge in [0, 0.05) is 36.4 Å². The van der Waals surface area contributed by atoms with Crippen molar-refractivity contribution in [2.75, 3.05) is 18.0 Å². The van der Waals surface area contributed by atoms with Crippen LogP contribution in [-0.2, 0) is 4.79 Å². The Hall–Kier alpha value is -1.76. The van der Waals surface area contributed by atoms with Gasteiger partial charge in [-0.15, -0.1) is 12.6 Å². The summed E-state index contributed by atoms with van der Waals surface area (Å²) in [5.74, 6) is 0.511. The fourth-order valence-corrected chi connectivity index (χ4v) is 5.93. The molecule has 1 atom stereocenters. The Morgan fingerprint density at radius 2 is 1.77 bits per heavy atom. The number of nitrogens with one attached hydrogen (secondary N) is 1. The number of anilines is 1. The zero-order valence-electron chi connectivity index (χ0n) is 18.3. The summed E-state index contributed by atoms with van der Waals surface area (Å²) in [4.78, 5) is 32.4. The van der Waals surface area contributed by atoms with Gasteiger partial charge < -0.3 is 15.3 Å². The molecule has 1 saturated heterocycles. The number of hydrogen-bond donors (Lipinski definition) is 3. The molecule has 6 nitrogen and oxygen atoms in total. The van der Waals surface area contributed by atoms with Gasteiger partial charge in [0.2, 0.25) is 0 Å². The third-order valence-electron chi connectivity index (χ3n) is 7.22. The number of thiol groups is 1. The van der Waals surface area contributed by atoms with Crippen LogP contribution in [0.15, 0.2) is 11.0 Å². The zero-order valence-corrected chi connectivity index (χ0v) is 19.2. The molecule has 0 bridgehead atoms. The topological polar surface area (TPSA) is 82.5 Å². The highest BCUT2D eigenvalue weighted by Gasteiger charge is 2.30. The molecule has 2 saturated carbocycles. The van der Waals surface area contributed by atoms with Crippen LogP contribution in [0.2, 0.25) is 0 Å². The highest BCUT2D eigenvalue weighted by Crippen LogP contribution is 2.38. The van der Waals surface area contributed by atoms with E-state index >= 15 is 0 Å². The molecule has 2 N–H and O–H groups in total. The van der Waals surface area contributed by atoms with Crippen molar-refractivity contribution < 1.29 is 14.7 Å². The summed E-state index contributed by atoms with van der Waals surface area (Å²) in [7, 11) is 0. The van der Waals surface area contributed by atoms with Crippen molar-refractivity contribution in [3.8, 4) is 0 Å². The number of carboxylic acids is 1. The van der Waals surface area contributed by atoms with E-state index in [9.17, 15) is 14.7 Å². The van der Waals surface area contributed by atoms with Crippen LogP contribution in [0.25, 0.3) is 0 Å². The van der Waals surface area contributed by atoms with Crippen molar-refractivity contribution in [3.05, 3.63) is 17.3 Å². The zero-order chi connectivity index (χ0) is 21.8. The predicted octanol–water partition coefficient (Wildman–Crippen LogP) is 4.78. The maximum atomic E-state index is 13.2. The van der Waals surface area contributed by atoms with E-state index in [0.717, 1.165) is 56.6 Å². The molecule has 2 aliphatic carbocycles. The number of carbonyl (C=O) groups is 2. The van der Waals surface area contributed by atoms with Gasteiger partial charge in [-0.05, 0) is 50.5 Å². The van der Waals surface area contributed by atoms with Crippen LogP contribution in [0.5, 0.6) is 0 Å². The van der Waals surface area contributed by atoms with E-state index in [1.807, 2.05) is 6.07 Å². The van der Waals surface area contributed by atoms with E-state index in [4.69, 9.17) is 17.6 Å². The van der Waals surface area contributed by atoms with E-state index in [0.29, 0.717) is 22.9 Å². The second-order valence-corrected chi connectivity index (χ2v) is 10.1. The van der Waals surface area contributed by atoms with Crippen molar-refractivity contribution in [1.29, 1.82) is 0 Å². The molecule has 0 unspecified atom stereocenters. The van der Waals surface area contributed by atoms with Crippen molar-refractivity contribution in [2.24, 2.45) is 5.92 Å². The molecule has 1 aromatic rings. The van der Waals surface area contributed by atoms with Crippen molar-refractivity contribution >= 4 is 30.3 Å². The van der Waals surface area contributed by atoms with Gasteiger partial charge >= 0.3 is 5.97 Å². The fraction of sp³-hybridized carbons (Fsp3) is 0.708. The highest BCUT2D eigenvalue weighted by molar-refractivity contribution is 7.80. The Morgan fingerprint density at radius 1 is 1.06 bits per heavy atom. The van der Waals surface area contributed by atoms with Gasteiger partial charge in [-0.25, -0.2) is 4.98 Å². The summed E-state index contributed by atoms with van der Waals surface area (Å²) in [6.45, 7) is 1.54. The average Bonchev–Trinajstić information content (AvgIpc) is 3.28. The number of carboxylic acid groups (broad SMARTS) is 1. The molecule has 3 fully saturated rings. The third-order valence-corrected chi connectivity index (χ3v) is 7.55. The summed E-state index contributed by atoms with van der Waals surface area (Å²) in [5.41, 5.74) is 1.60. The normalized spacial score (nSPS) is 23.1. The number of piperidine rings is 1. The number of carbonyl (C=O) groups excluding carboxylic acids is 1. The first kappa shape index (κ1) is 22.4. The first-order chi connectivity index (χ1) is 15.0. The minimum atomic E-state index is -0.743. The lowest BCUT2D eigenvalue weighted by Crippen LogP contribution is -2.38. The summed E-state index contributed by atoms with van der Waals surface area (Å²) >= 11 is 4.73. The molecular weight excluding hydrogens is 410 g/mol. The monoisotopic (exact) mass is 445 g/mol. The minimum Gasteiger partial charge on any atom is -0.481 e. The number of aliphatic carboxylic acids is 1. The van der Waals surface area contributed by atoms with Crippen LogP contribution in [-0.4, -0.2) is 41.1 Å². The van der Waals surface area contributed by atoms with E-state index in [1.165, 1.54) is 32.1 Å². The van der Waals surface area contributed by atoms with Gasteiger partial charge in [0.05, 0.1) is 11.3 Å². The van der Waals surface area contributed by atoms with Crippen LogP contribution in [0.1, 0.15) is 99.0 Å². The lowest BCUT2D eigenvalue weighted by Gasteiger charge is -2.34. The van der Waals surface area contributed by atoms with E-state index in [2.05, 4.69) is 10.2 Å². The highest BCUT2D eigenvalue weighted by atomic mass is 32.1. The quantitative estimate of drug-likeness (QED) is 0.549. The molecule has 0 radical (unpaired) electrons. The fourth-order valence-electron chi connectivity index (χ4n) is 5.61. The molecule has 0 spiro atoms. The number of pyridine rings is 1. The Morgan fingerprint density at radius 3 is 2.48 bits per heavy atom. The molecule has 1 aliphatic heterocycles. The summed E-state index contributed by atoms with van der Waals surface area (Å²) in [6.07, 6.45) is 12.3. The number of amides is 1. The molecular formula is C24H35N3O3S. The van der Waals surface area contributed by atoms with Crippen molar-refractivity contribution in [2.45, 2.75) is 93.9 Å². The molecule has 2 heterocycles. The molecule has 31 heavy (non-hydrogen) atoms. The summed E-state index contributed by atoms with van der Waals surface area (Å²) in [6, 6.07) is 2.18. The molecule has 3 aliphatic rings. The smallest absolute Gasteiger partial charge is 0.303 e. The van der Waals surface area contributed by atoms with E-state index in [1.54, 1.807) is 0 Å². The first-order valence-corrected chi connectivity index (χ1v) is 12.5. The Balaban J connectivity index is 1.59. The largest absolute Gasteiger partial charge is 0.481 e. The van der Waals surface area contributed by atoms with E-state index < -0.39 is 5.97 Å². The summed E-state index contributed by atoms with van der Waals surface area (Å²) in [5, 5.41) is 12.5. The Labute approximate surface area is 190 Å². The van der Waals surface area contributed by atoms with Crippen LogP contribution in [0, 0.1) is 5.92 Å². The number of nitrogens with zero attached hydrogens (tertiary/aromatic N) is 2. The SMILES string of the molecule is O=C(O)C[C@H]1CCCN(c2nc(C3CCCC3)c(C(=O)NC3CCCCC3)cc2S)C1. The molecule has 1 aromatic heterocycles. The Kier molecular flexibility index (Phi) is 7.41. The van der Waals surface area contributed by atoms with E-state index in [-0.39, 0.29) is 24.3 Å². The summed E-state index contributed by atoms with van der Waals surface area (Å²) < 4.78 is 0. The minimum absolute atomic E-state index is 0.00875. The van der Waals surface area contributed by atoms with Gasteiger partial charge in [-0.3, -0.25) is 9.59 Å². The molecule has 4 rings (SSSR count). The van der Waals surface area contributed by atoms with Crippen LogP contribution >= 0.6 is 12.6 Å². The van der Waals surface area contributed by atoms with Crippen LogP contribution in [0.3, 0.4) is 0 Å². The number of hydrogen-bond acceptors (Lipinski definition) is 5. The second-order valence-electron chi connectivity index (χ2n) is 9.61. The molecule has 1 amide bonds. The first-order valence-electron chi connectivity index (χ1n) is 12.0. The standard InChI is InChI=1S/C24H35N3O3S/c28-21(29)13-16-7-6-12-27(15-16)23-20(31)14-19(22(26-23)17-8-4-5-9-17)24(30)25-18-10-2-1-3-11-18/h14,16-18,31H,1-13,15H2,(H,25,30)(H,28,29)/t16-/m1/s1. The lowest BCUT2D eigenvalue weighted by atomic mass is 9.93. The second kappa shape index (κ2) is 10.2. The maximum absolute atomic E-state index is 13.2.